The summed E-state index contributed by atoms with van der Waals surface area (Å²) < 4.78 is 25.3. The smallest absolute Gasteiger partial charge is 0.154 e. The average Bonchev–Trinajstić information content (AvgIpc) is 3.05. The maximum atomic E-state index is 14.3. The van der Waals surface area contributed by atoms with Gasteiger partial charge in [0.2, 0.25) is 0 Å². The third-order valence-electron chi connectivity index (χ3n) is 4.02. The van der Waals surface area contributed by atoms with Gasteiger partial charge in [0.25, 0.3) is 0 Å². The monoisotopic (exact) mass is 369 g/mol. The van der Waals surface area contributed by atoms with E-state index in [9.17, 15) is 4.39 Å². The molecule has 7 heteroatoms. The first-order valence-electron chi connectivity index (χ1n) is 7.98. The Bertz CT molecular complexity index is 1130. The number of benzene rings is 2. The summed E-state index contributed by atoms with van der Waals surface area (Å²) >= 11 is 1.41. The normalized spacial score (nSPS) is 11.4. The molecule has 2 aromatic carbocycles. The minimum Gasteiger partial charge on any atom is -0.497 e. The van der Waals surface area contributed by atoms with Gasteiger partial charge in [-0.25, -0.2) is 14.4 Å². The largest absolute Gasteiger partial charge is 0.497 e. The number of rotatable bonds is 4. The summed E-state index contributed by atoms with van der Waals surface area (Å²) in [7, 11) is 3.14. The Morgan fingerprint density at radius 2 is 1.92 bits per heavy atom. The molecule has 0 aliphatic carbocycles. The first-order chi connectivity index (χ1) is 12.6. The van der Waals surface area contributed by atoms with Crippen LogP contribution in [0.15, 0.2) is 30.5 Å². The van der Waals surface area contributed by atoms with Crippen LogP contribution in [0, 0.1) is 12.7 Å². The Balaban J connectivity index is 1.93. The molecule has 0 amide bonds. The number of aryl methyl sites for hydroxylation is 1. The summed E-state index contributed by atoms with van der Waals surface area (Å²) in [6.45, 7) is 2.39. The summed E-state index contributed by atoms with van der Waals surface area (Å²) in [5, 5.41) is 0.703. The van der Waals surface area contributed by atoms with Gasteiger partial charge in [0.05, 0.1) is 41.3 Å². The number of hydrogen-bond acceptors (Lipinski definition) is 6. The van der Waals surface area contributed by atoms with E-state index in [1.165, 1.54) is 24.5 Å². The SMILES string of the molecule is COCc1cnc2c(-c3nc4c(F)cc(OC)cc4s3)cc(C)cc2n1. The Kier molecular flexibility index (Phi) is 4.26. The predicted molar refractivity (Wildman–Crippen MR) is 100 cm³/mol. The number of aromatic nitrogens is 3. The molecule has 0 saturated carbocycles. The van der Waals surface area contributed by atoms with Crippen molar-refractivity contribution in [1.82, 2.24) is 15.0 Å². The van der Waals surface area contributed by atoms with Crippen LogP contribution in [0.5, 0.6) is 5.75 Å². The van der Waals surface area contributed by atoms with E-state index in [0.29, 0.717) is 22.9 Å². The maximum absolute atomic E-state index is 14.3. The lowest BCUT2D eigenvalue weighted by Crippen LogP contribution is -1.96. The Hall–Kier alpha value is -2.64. The van der Waals surface area contributed by atoms with E-state index in [2.05, 4.69) is 15.0 Å². The number of ether oxygens (including phenoxy) is 2. The molecule has 0 unspecified atom stereocenters. The van der Waals surface area contributed by atoms with E-state index in [0.717, 1.165) is 32.6 Å². The number of nitrogens with zero attached hydrogens (tertiary/aromatic N) is 3. The number of methoxy groups -OCH3 is 2. The zero-order valence-electron chi connectivity index (χ0n) is 14.5. The van der Waals surface area contributed by atoms with Crippen molar-refractivity contribution in [2.45, 2.75) is 13.5 Å². The van der Waals surface area contributed by atoms with Crippen molar-refractivity contribution in [3.63, 3.8) is 0 Å². The lowest BCUT2D eigenvalue weighted by molar-refractivity contribution is 0.181. The Morgan fingerprint density at radius 3 is 2.69 bits per heavy atom. The number of hydrogen-bond donors (Lipinski definition) is 0. The molecule has 0 aliphatic rings. The predicted octanol–water partition coefficient (Wildman–Crippen LogP) is 4.51. The van der Waals surface area contributed by atoms with E-state index in [1.54, 1.807) is 19.4 Å². The molecule has 2 heterocycles. The molecule has 0 aliphatic heterocycles. The van der Waals surface area contributed by atoms with Crippen LogP contribution in [-0.4, -0.2) is 29.2 Å². The molecule has 0 bridgehead atoms. The van der Waals surface area contributed by atoms with Crippen LogP contribution in [0.1, 0.15) is 11.3 Å². The molecule has 4 aromatic rings. The van der Waals surface area contributed by atoms with Gasteiger partial charge in [0.15, 0.2) is 5.82 Å². The van der Waals surface area contributed by atoms with Crippen LogP contribution in [0.25, 0.3) is 31.8 Å². The zero-order valence-corrected chi connectivity index (χ0v) is 15.4. The summed E-state index contributed by atoms with van der Waals surface area (Å²) in [5.41, 5.74) is 4.49. The van der Waals surface area contributed by atoms with Crippen LogP contribution >= 0.6 is 11.3 Å². The topological polar surface area (TPSA) is 57.1 Å². The molecular formula is C19H16FN3O2S. The molecular weight excluding hydrogens is 353 g/mol. The van der Waals surface area contributed by atoms with Crippen LogP contribution < -0.4 is 4.74 Å². The summed E-state index contributed by atoms with van der Waals surface area (Å²) in [6.07, 6.45) is 1.70. The first-order valence-corrected chi connectivity index (χ1v) is 8.80. The molecule has 26 heavy (non-hydrogen) atoms. The molecule has 2 aromatic heterocycles. The van der Waals surface area contributed by atoms with Crippen molar-refractivity contribution in [1.29, 1.82) is 0 Å². The van der Waals surface area contributed by atoms with E-state index >= 15 is 0 Å². The summed E-state index contributed by atoms with van der Waals surface area (Å²) in [6, 6.07) is 7.11. The van der Waals surface area contributed by atoms with Gasteiger partial charge in [-0.3, -0.25) is 4.98 Å². The van der Waals surface area contributed by atoms with Crippen molar-refractivity contribution in [2.75, 3.05) is 14.2 Å². The molecule has 0 radical (unpaired) electrons. The number of thiazole rings is 1. The average molecular weight is 369 g/mol. The van der Waals surface area contributed by atoms with E-state index in [-0.39, 0.29) is 0 Å². The summed E-state index contributed by atoms with van der Waals surface area (Å²) in [4.78, 5) is 13.7. The fraction of sp³-hybridized carbons (Fsp3) is 0.211. The van der Waals surface area contributed by atoms with Crippen molar-refractivity contribution >= 4 is 32.6 Å². The van der Waals surface area contributed by atoms with E-state index < -0.39 is 5.82 Å². The molecule has 0 spiro atoms. The van der Waals surface area contributed by atoms with E-state index in [4.69, 9.17) is 9.47 Å². The molecule has 5 nitrogen and oxygen atoms in total. The standard InChI is InChI=1S/C19H16FN3O2S/c1-10-4-13(17-15(5-10)22-11(8-21-17)9-24-2)19-23-18-14(20)6-12(25-3)7-16(18)26-19/h4-8H,9H2,1-3H3. The minimum absolute atomic E-state index is 0.337. The zero-order chi connectivity index (χ0) is 18.3. The van der Waals surface area contributed by atoms with Crippen LogP contribution in [0.2, 0.25) is 0 Å². The van der Waals surface area contributed by atoms with Crippen molar-refractivity contribution in [3.05, 3.63) is 47.5 Å². The first kappa shape index (κ1) is 16.8. The fourth-order valence-corrected chi connectivity index (χ4v) is 3.91. The molecule has 4 rings (SSSR count). The highest BCUT2D eigenvalue weighted by Gasteiger charge is 2.16. The lowest BCUT2D eigenvalue weighted by Gasteiger charge is -2.06. The lowest BCUT2D eigenvalue weighted by atomic mass is 10.1. The third-order valence-corrected chi connectivity index (χ3v) is 5.06. The van der Waals surface area contributed by atoms with Gasteiger partial charge in [0.1, 0.15) is 16.3 Å². The van der Waals surface area contributed by atoms with Gasteiger partial charge in [-0.15, -0.1) is 11.3 Å². The van der Waals surface area contributed by atoms with Crippen LogP contribution in [0.3, 0.4) is 0 Å². The second-order valence-electron chi connectivity index (χ2n) is 5.95. The van der Waals surface area contributed by atoms with Crippen LogP contribution in [0.4, 0.5) is 4.39 Å². The quantitative estimate of drug-likeness (QED) is 0.530. The highest BCUT2D eigenvalue weighted by atomic mass is 32.1. The van der Waals surface area contributed by atoms with Crippen molar-refractivity contribution < 1.29 is 13.9 Å². The highest BCUT2D eigenvalue weighted by Crippen LogP contribution is 2.36. The van der Waals surface area contributed by atoms with E-state index in [1.807, 2.05) is 19.1 Å². The molecule has 0 atom stereocenters. The third kappa shape index (κ3) is 2.89. The number of halogens is 1. The van der Waals surface area contributed by atoms with Gasteiger partial charge < -0.3 is 9.47 Å². The highest BCUT2D eigenvalue weighted by molar-refractivity contribution is 7.21. The van der Waals surface area contributed by atoms with Crippen molar-refractivity contribution in [3.8, 4) is 16.3 Å². The van der Waals surface area contributed by atoms with Crippen LogP contribution in [-0.2, 0) is 11.3 Å². The molecule has 0 saturated heterocycles. The second kappa shape index (κ2) is 6.59. The van der Waals surface area contributed by atoms with Gasteiger partial charge in [-0.1, -0.05) is 0 Å². The minimum atomic E-state index is -0.396. The molecule has 0 fully saturated rings. The van der Waals surface area contributed by atoms with Gasteiger partial charge in [-0.2, -0.15) is 0 Å². The second-order valence-corrected chi connectivity index (χ2v) is 6.98. The van der Waals surface area contributed by atoms with Crippen molar-refractivity contribution in [2.24, 2.45) is 0 Å². The number of fused-ring (bicyclic) bond motifs is 2. The van der Waals surface area contributed by atoms with Gasteiger partial charge in [0, 0.05) is 18.7 Å². The van der Waals surface area contributed by atoms with Gasteiger partial charge in [-0.05, 0) is 30.7 Å². The summed E-state index contributed by atoms with van der Waals surface area (Å²) in [5.74, 6) is 0.0792. The maximum Gasteiger partial charge on any atom is 0.154 e. The molecule has 132 valence electrons. The van der Waals surface area contributed by atoms with Gasteiger partial charge >= 0.3 is 0 Å². The Labute approximate surface area is 153 Å². The Morgan fingerprint density at radius 1 is 1.08 bits per heavy atom. The molecule has 0 N–H and O–H groups in total. The fourth-order valence-electron chi connectivity index (χ4n) is 2.88.